The van der Waals surface area contributed by atoms with E-state index in [-0.39, 0.29) is 0 Å². The number of nitrogens with zero attached hydrogens (tertiary/aromatic N) is 2. The third kappa shape index (κ3) is 2.99. The zero-order valence-corrected chi connectivity index (χ0v) is 12.7. The van der Waals surface area contributed by atoms with Gasteiger partial charge in [0.15, 0.2) is 0 Å². The van der Waals surface area contributed by atoms with Gasteiger partial charge in [0, 0.05) is 30.1 Å². The average molecular weight is 303 g/mol. The molecule has 2 aliphatic rings. The molecule has 3 nitrogen and oxygen atoms in total. The van der Waals surface area contributed by atoms with Crippen molar-refractivity contribution in [2.24, 2.45) is 0 Å². The molecule has 1 aliphatic carbocycles. The number of aromatic nitrogens is 1. The predicted octanol–water partition coefficient (Wildman–Crippen LogP) is 4.19. The molecule has 0 spiro atoms. The van der Waals surface area contributed by atoms with Crippen molar-refractivity contribution in [3.8, 4) is 0 Å². The first kappa shape index (κ1) is 13.4. The van der Waals surface area contributed by atoms with E-state index in [2.05, 4.69) is 28.3 Å². The highest BCUT2D eigenvalue weighted by molar-refractivity contribution is 6.30. The summed E-state index contributed by atoms with van der Waals surface area (Å²) < 4.78 is 5.43. The molecule has 1 aromatic heterocycles. The Morgan fingerprint density at radius 1 is 1.19 bits per heavy atom. The van der Waals surface area contributed by atoms with Crippen molar-refractivity contribution < 1.29 is 4.52 Å². The van der Waals surface area contributed by atoms with Gasteiger partial charge in [-0.1, -0.05) is 28.9 Å². The Morgan fingerprint density at radius 2 is 2.10 bits per heavy atom. The van der Waals surface area contributed by atoms with Crippen LogP contribution in [0.15, 0.2) is 34.9 Å². The van der Waals surface area contributed by atoms with Crippen molar-refractivity contribution in [1.82, 2.24) is 10.1 Å². The summed E-state index contributed by atoms with van der Waals surface area (Å²) in [6, 6.07) is 10.4. The molecular formula is C17H19ClN2O. The summed E-state index contributed by atoms with van der Waals surface area (Å²) in [6.07, 6.45) is 3.71. The minimum absolute atomic E-state index is 0.582. The second kappa shape index (κ2) is 5.47. The van der Waals surface area contributed by atoms with E-state index in [1.807, 2.05) is 12.1 Å². The number of hydrogen-bond acceptors (Lipinski definition) is 3. The minimum atomic E-state index is 0.582. The van der Waals surface area contributed by atoms with Crippen LogP contribution < -0.4 is 0 Å². The highest BCUT2D eigenvalue weighted by Crippen LogP contribution is 2.40. The molecule has 0 radical (unpaired) electrons. The Morgan fingerprint density at radius 3 is 2.90 bits per heavy atom. The lowest BCUT2D eigenvalue weighted by molar-refractivity contribution is 0.307. The van der Waals surface area contributed by atoms with Gasteiger partial charge < -0.3 is 4.52 Å². The lowest BCUT2D eigenvalue weighted by Crippen LogP contribution is -2.19. The fraction of sp³-hybridized carbons (Fsp3) is 0.471. The highest BCUT2D eigenvalue weighted by Gasteiger charge is 2.29. The first-order chi connectivity index (χ1) is 10.3. The van der Waals surface area contributed by atoms with Gasteiger partial charge in [-0.25, -0.2) is 0 Å². The first-order valence-electron chi connectivity index (χ1n) is 7.71. The summed E-state index contributed by atoms with van der Waals surface area (Å²) in [6.45, 7) is 3.09. The Balaban J connectivity index is 1.39. The van der Waals surface area contributed by atoms with Gasteiger partial charge in [0.1, 0.15) is 5.76 Å². The van der Waals surface area contributed by atoms with Crippen molar-refractivity contribution in [2.75, 3.05) is 13.1 Å². The van der Waals surface area contributed by atoms with Crippen LogP contribution in [-0.2, 0) is 6.54 Å². The molecule has 1 saturated heterocycles. The Bertz CT molecular complexity index is 635. The molecule has 110 valence electrons. The molecule has 1 atom stereocenters. The van der Waals surface area contributed by atoms with Crippen LogP contribution in [0.25, 0.3) is 0 Å². The van der Waals surface area contributed by atoms with Crippen molar-refractivity contribution >= 4 is 11.6 Å². The van der Waals surface area contributed by atoms with E-state index in [0.29, 0.717) is 11.8 Å². The van der Waals surface area contributed by atoms with Crippen molar-refractivity contribution in [3.63, 3.8) is 0 Å². The molecule has 4 rings (SSSR count). The third-order valence-corrected chi connectivity index (χ3v) is 4.77. The van der Waals surface area contributed by atoms with Crippen LogP contribution in [0.4, 0.5) is 0 Å². The first-order valence-corrected chi connectivity index (χ1v) is 8.09. The number of hydrogen-bond donors (Lipinski definition) is 0. The maximum Gasteiger partial charge on any atom is 0.140 e. The van der Waals surface area contributed by atoms with E-state index < -0.39 is 0 Å². The molecule has 0 N–H and O–H groups in total. The van der Waals surface area contributed by atoms with Crippen LogP contribution in [-0.4, -0.2) is 23.1 Å². The van der Waals surface area contributed by atoms with E-state index in [1.165, 1.54) is 24.8 Å². The number of halogens is 1. The molecule has 0 amide bonds. The molecule has 4 heteroatoms. The number of benzene rings is 1. The topological polar surface area (TPSA) is 29.3 Å². The molecule has 21 heavy (non-hydrogen) atoms. The Hall–Kier alpha value is -1.32. The van der Waals surface area contributed by atoms with Gasteiger partial charge in [-0.3, -0.25) is 4.90 Å². The molecule has 1 aliphatic heterocycles. The standard InChI is InChI=1S/C17H19ClN2O/c18-15-3-1-2-13(8-15)14-6-7-20(10-14)11-16-9-17(21-19-16)12-4-5-12/h1-3,8-9,12,14H,4-7,10-11H2/t14-/m1/s1. The van der Waals surface area contributed by atoms with Crippen molar-refractivity contribution in [3.05, 3.63) is 52.4 Å². The predicted molar refractivity (Wildman–Crippen MR) is 82.6 cm³/mol. The summed E-state index contributed by atoms with van der Waals surface area (Å²) in [7, 11) is 0. The molecular weight excluding hydrogens is 284 g/mol. The molecule has 2 aromatic rings. The number of rotatable bonds is 4. The average Bonchev–Trinajstić information content (AvgIpc) is 3.05. The molecule has 1 saturated carbocycles. The van der Waals surface area contributed by atoms with Crippen LogP contribution >= 0.6 is 11.6 Å². The van der Waals surface area contributed by atoms with Gasteiger partial charge in [-0.05, 0) is 49.4 Å². The zero-order valence-electron chi connectivity index (χ0n) is 12.0. The quantitative estimate of drug-likeness (QED) is 0.848. The van der Waals surface area contributed by atoms with Gasteiger partial charge in [0.25, 0.3) is 0 Å². The minimum Gasteiger partial charge on any atom is -0.361 e. The SMILES string of the molecule is Clc1cccc([C@@H]2CCN(Cc3cc(C4CC4)on3)C2)c1. The summed E-state index contributed by atoms with van der Waals surface area (Å²) >= 11 is 6.09. The molecule has 0 bridgehead atoms. The van der Waals surface area contributed by atoms with E-state index in [0.717, 1.165) is 36.1 Å². The fourth-order valence-electron chi connectivity index (χ4n) is 3.20. The second-order valence-corrected chi connectivity index (χ2v) is 6.71. The van der Waals surface area contributed by atoms with Crippen LogP contribution in [0, 0.1) is 0 Å². The van der Waals surface area contributed by atoms with E-state index in [4.69, 9.17) is 16.1 Å². The Kier molecular flexibility index (Phi) is 3.48. The number of likely N-dealkylation sites (tertiary alicyclic amines) is 1. The maximum absolute atomic E-state index is 6.09. The van der Waals surface area contributed by atoms with Crippen LogP contribution in [0.1, 0.15) is 48.1 Å². The maximum atomic E-state index is 6.09. The summed E-state index contributed by atoms with van der Waals surface area (Å²) in [5, 5.41) is 5.05. The van der Waals surface area contributed by atoms with Gasteiger partial charge in [0.2, 0.25) is 0 Å². The molecule has 0 unspecified atom stereocenters. The second-order valence-electron chi connectivity index (χ2n) is 6.27. The fourth-order valence-corrected chi connectivity index (χ4v) is 3.40. The summed E-state index contributed by atoms with van der Waals surface area (Å²) in [4.78, 5) is 2.46. The smallest absolute Gasteiger partial charge is 0.140 e. The highest BCUT2D eigenvalue weighted by atomic mass is 35.5. The lowest BCUT2D eigenvalue weighted by atomic mass is 9.99. The summed E-state index contributed by atoms with van der Waals surface area (Å²) in [5.74, 6) is 2.30. The van der Waals surface area contributed by atoms with E-state index >= 15 is 0 Å². The largest absolute Gasteiger partial charge is 0.361 e. The molecule has 2 fully saturated rings. The third-order valence-electron chi connectivity index (χ3n) is 4.53. The zero-order chi connectivity index (χ0) is 14.2. The van der Waals surface area contributed by atoms with Crippen LogP contribution in [0.5, 0.6) is 0 Å². The van der Waals surface area contributed by atoms with Gasteiger partial charge in [-0.15, -0.1) is 0 Å². The lowest BCUT2D eigenvalue weighted by Gasteiger charge is -2.14. The van der Waals surface area contributed by atoms with Gasteiger partial charge in [0.05, 0.1) is 5.69 Å². The summed E-state index contributed by atoms with van der Waals surface area (Å²) in [5.41, 5.74) is 2.42. The van der Waals surface area contributed by atoms with Crippen LogP contribution in [0.3, 0.4) is 0 Å². The Labute approximate surface area is 129 Å². The van der Waals surface area contributed by atoms with Crippen molar-refractivity contribution in [2.45, 2.75) is 37.6 Å². The van der Waals surface area contributed by atoms with E-state index in [9.17, 15) is 0 Å². The van der Waals surface area contributed by atoms with Crippen LogP contribution in [0.2, 0.25) is 5.02 Å². The monoisotopic (exact) mass is 302 g/mol. The molecule has 1 aromatic carbocycles. The van der Waals surface area contributed by atoms with Gasteiger partial charge in [-0.2, -0.15) is 0 Å². The normalized spacial score (nSPS) is 22.8. The van der Waals surface area contributed by atoms with Gasteiger partial charge >= 0.3 is 0 Å². The van der Waals surface area contributed by atoms with E-state index in [1.54, 1.807) is 0 Å². The molecule has 2 heterocycles. The van der Waals surface area contributed by atoms with Crippen molar-refractivity contribution in [1.29, 1.82) is 0 Å².